The molecule has 1 N–H and O–H groups in total. The Labute approximate surface area is 116 Å². The number of nitrogens with one attached hydrogen (secondary N) is 1. The summed E-state index contributed by atoms with van der Waals surface area (Å²) in [6, 6.07) is 4.96. The smallest absolute Gasteiger partial charge is 0.321 e. The predicted octanol–water partition coefficient (Wildman–Crippen LogP) is 1.80. The van der Waals surface area contributed by atoms with Crippen LogP contribution in [-0.4, -0.2) is 36.8 Å². The lowest BCUT2D eigenvalue weighted by Crippen LogP contribution is -2.35. The molecule has 0 aromatic heterocycles. The number of hydrogen-bond acceptors (Lipinski definition) is 4. The number of benzene rings is 1. The minimum absolute atomic E-state index is 0.0725. The summed E-state index contributed by atoms with van der Waals surface area (Å²) < 4.78 is 4.51. The zero-order valence-corrected chi connectivity index (χ0v) is 11.4. The summed E-state index contributed by atoms with van der Waals surface area (Å²) in [7, 11) is 2.98. The lowest BCUT2D eigenvalue weighted by Gasteiger charge is -2.26. The second-order valence-electron chi connectivity index (χ2n) is 4.66. The normalized spacial score (nSPS) is 13.5. The molecule has 0 atom stereocenters. The second kappa shape index (κ2) is 5.73. The number of esters is 1. The number of carbonyl (C=O) groups excluding carboxylic acids is 3. The molecular weight excluding hydrogens is 260 g/mol. The van der Waals surface area contributed by atoms with Crippen LogP contribution in [0.15, 0.2) is 18.2 Å². The van der Waals surface area contributed by atoms with Crippen LogP contribution in [0.25, 0.3) is 0 Å². The number of carbonyl (C=O) groups is 3. The van der Waals surface area contributed by atoms with Gasteiger partial charge in [-0.15, -0.1) is 0 Å². The van der Waals surface area contributed by atoms with Crippen molar-refractivity contribution in [3.63, 3.8) is 0 Å². The van der Waals surface area contributed by atoms with Gasteiger partial charge in [-0.3, -0.25) is 9.59 Å². The molecule has 0 spiro atoms. The summed E-state index contributed by atoms with van der Waals surface area (Å²) in [5.41, 5.74) is 2.14. The number of nitrogens with zero attached hydrogens (tertiary/aromatic N) is 1. The molecule has 1 aromatic rings. The first-order chi connectivity index (χ1) is 9.51. The SMILES string of the molecule is COC(=O)CCC(=O)c1ccc2c(c1)CN(C)C(=O)N2. The van der Waals surface area contributed by atoms with Crippen LogP contribution < -0.4 is 5.32 Å². The number of amides is 2. The van der Waals surface area contributed by atoms with Gasteiger partial charge in [0.25, 0.3) is 0 Å². The Morgan fingerprint density at radius 3 is 2.80 bits per heavy atom. The Hall–Kier alpha value is -2.37. The Bertz CT molecular complexity index is 568. The minimum Gasteiger partial charge on any atom is -0.469 e. The van der Waals surface area contributed by atoms with Gasteiger partial charge in [-0.1, -0.05) is 0 Å². The maximum absolute atomic E-state index is 12.0. The molecule has 1 aliphatic heterocycles. The standard InChI is InChI=1S/C14H16N2O4/c1-16-8-10-7-9(3-4-11(10)15-14(16)19)12(17)5-6-13(18)20-2/h3-4,7H,5-6,8H2,1-2H3,(H,15,19). The van der Waals surface area contributed by atoms with Crippen molar-refractivity contribution in [2.75, 3.05) is 19.5 Å². The number of Topliss-reactive ketones (excluding diaryl/α,β-unsaturated/α-hetero) is 1. The van der Waals surface area contributed by atoms with E-state index >= 15 is 0 Å². The summed E-state index contributed by atoms with van der Waals surface area (Å²) in [6.45, 7) is 0.458. The molecule has 0 saturated heterocycles. The van der Waals surface area contributed by atoms with E-state index in [4.69, 9.17) is 0 Å². The average molecular weight is 276 g/mol. The molecule has 1 aromatic carbocycles. The number of hydrogen-bond donors (Lipinski definition) is 1. The van der Waals surface area contributed by atoms with Gasteiger partial charge in [-0.05, 0) is 23.8 Å². The van der Waals surface area contributed by atoms with Crippen LogP contribution in [0.2, 0.25) is 0 Å². The van der Waals surface area contributed by atoms with Crippen LogP contribution in [0, 0.1) is 0 Å². The van der Waals surface area contributed by atoms with Gasteiger partial charge in [0.1, 0.15) is 0 Å². The molecule has 0 aliphatic carbocycles. The number of fused-ring (bicyclic) bond motifs is 1. The third-order valence-corrected chi connectivity index (χ3v) is 3.21. The molecule has 106 valence electrons. The van der Waals surface area contributed by atoms with E-state index in [2.05, 4.69) is 10.1 Å². The summed E-state index contributed by atoms with van der Waals surface area (Å²) in [5.74, 6) is -0.513. The Morgan fingerprint density at radius 2 is 2.10 bits per heavy atom. The molecular formula is C14H16N2O4. The Balaban J connectivity index is 2.11. The number of ether oxygens (including phenoxy) is 1. The fraction of sp³-hybridized carbons (Fsp3) is 0.357. The molecule has 0 fully saturated rings. The highest BCUT2D eigenvalue weighted by atomic mass is 16.5. The topological polar surface area (TPSA) is 75.7 Å². The number of methoxy groups -OCH3 is 1. The molecule has 0 bridgehead atoms. The third kappa shape index (κ3) is 2.96. The van der Waals surface area contributed by atoms with Crippen molar-refractivity contribution in [1.29, 1.82) is 0 Å². The predicted molar refractivity (Wildman–Crippen MR) is 72.5 cm³/mol. The third-order valence-electron chi connectivity index (χ3n) is 3.21. The van der Waals surface area contributed by atoms with Crippen molar-refractivity contribution in [2.24, 2.45) is 0 Å². The Morgan fingerprint density at radius 1 is 1.35 bits per heavy atom. The highest BCUT2D eigenvalue weighted by Gasteiger charge is 2.20. The summed E-state index contributed by atoms with van der Waals surface area (Å²) in [5, 5.41) is 2.74. The Kier molecular flexibility index (Phi) is 4.02. The van der Waals surface area contributed by atoms with Gasteiger partial charge < -0.3 is 15.0 Å². The zero-order valence-electron chi connectivity index (χ0n) is 11.4. The van der Waals surface area contributed by atoms with Gasteiger partial charge in [-0.25, -0.2) is 4.79 Å². The first-order valence-electron chi connectivity index (χ1n) is 6.26. The maximum atomic E-state index is 12.0. The van der Waals surface area contributed by atoms with Gasteiger partial charge in [0.15, 0.2) is 5.78 Å². The molecule has 2 amide bonds. The van der Waals surface area contributed by atoms with Gasteiger partial charge in [0.2, 0.25) is 0 Å². The van der Waals surface area contributed by atoms with Crippen molar-refractivity contribution in [3.8, 4) is 0 Å². The maximum Gasteiger partial charge on any atom is 0.321 e. The van der Waals surface area contributed by atoms with Crippen molar-refractivity contribution >= 4 is 23.5 Å². The lowest BCUT2D eigenvalue weighted by molar-refractivity contribution is -0.140. The first-order valence-corrected chi connectivity index (χ1v) is 6.26. The second-order valence-corrected chi connectivity index (χ2v) is 4.66. The van der Waals surface area contributed by atoms with Crippen molar-refractivity contribution in [1.82, 2.24) is 4.90 Å². The van der Waals surface area contributed by atoms with Crippen molar-refractivity contribution < 1.29 is 19.1 Å². The molecule has 0 unspecified atom stereocenters. The quantitative estimate of drug-likeness (QED) is 0.672. The number of ketones is 1. The number of anilines is 1. The highest BCUT2D eigenvalue weighted by Crippen LogP contribution is 2.24. The molecule has 20 heavy (non-hydrogen) atoms. The fourth-order valence-corrected chi connectivity index (χ4v) is 2.02. The summed E-state index contributed by atoms with van der Waals surface area (Å²) in [4.78, 5) is 36.0. The average Bonchev–Trinajstić information content (AvgIpc) is 2.45. The fourth-order valence-electron chi connectivity index (χ4n) is 2.02. The molecule has 2 rings (SSSR count). The van der Waals surface area contributed by atoms with E-state index in [0.717, 1.165) is 11.3 Å². The van der Waals surface area contributed by atoms with Crippen molar-refractivity contribution in [2.45, 2.75) is 19.4 Å². The van der Waals surface area contributed by atoms with Crippen LogP contribution in [0.4, 0.5) is 10.5 Å². The van der Waals surface area contributed by atoms with Crippen LogP contribution in [0.1, 0.15) is 28.8 Å². The molecule has 0 saturated carbocycles. The van der Waals surface area contributed by atoms with E-state index in [1.807, 2.05) is 0 Å². The van der Waals surface area contributed by atoms with Gasteiger partial charge in [0.05, 0.1) is 13.5 Å². The summed E-state index contributed by atoms with van der Waals surface area (Å²) in [6.07, 6.45) is 0.191. The molecule has 1 aliphatic rings. The molecule has 6 nitrogen and oxygen atoms in total. The van der Waals surface area contributed by atoms with E-state index < -0.39 is 5.97 Å². The lowest BCUT2D eigenvalue weighted by atomic mass is 10.0. The van der Waals surface area contributed by atoms with E-state index in [1.54, 1.807) is 25.2 Å². The van der Waals surface area contributed by atoms with Crippen LogP contribution in [-0.2, 0) is 16.1 Å². The van der Waals surface area contributed by atoms with Crippen LogP contribution in [0.5, 0.6) is 0 Å². The van der Waals surface area contributed by atoms with Crippen molar-refractivity contribution in [3.05, 3.63) is 29.3 Å². The minimum atomic E-state index is -0.400. The van der Waals surface area contributed by atoms with E-state index in [-0.39, 0.29) is 24.7 Å². The highest BCUT2D eigenvalue weighted by molar-refractivity contribution is 5.99. The summed E-state index contributed by atoms with van der Waals surface area (Å²) >= 11 is 0. The monoisotopic (exact) mass is 276 g/mol. The van der Waals surface area contributed by atoms with E-state index in [1.165, 1.54) is 12.0 Å². The van der Waals surface area contributed by atoms with Gasteiger partial charge >= 0.3 is 12.0 Å². The van der Waals surface area contributed by atoms with Gasteiger partial charge in [0, 0.05) is 31.3 Å². The first kappa shape index (κ1) is 14.0. The van der Waals surface area contributed by atoms with E-state index in [9.17, 15) is 14.4 Å². The largest absolute Gasteiger partial charge is 0.469 e. The van der Waals surface area contributed by atoms with Crippen LogP contribution >= 0.6 is 0 Å². The molecule has 1 heterocycles. The zero-order chi connectivity index (χ0) is 14.7. The molecule has 0 radical (unpaired) electrons. The molecule has 6 heteroatoms. The van der Waals surface area contributed by atoms with Crippen LogP contribution in [0.3, 0.4) is 0 Å². The number of rotatable bonds is 4. The van der Waals surface area contributed by atoms with Gasteiger partial charge in [-0.2, -0.15) is 0 Å². The number of urea groups is 1. The van der Waals surface area contributed by atoms with E-state index in [0.29, 0.717) is 12.1 Å².